The molecule has 0 bridgehead atoms. The third-order valence-electron chi connectivity index (χ3n) is 2.32. The summed E-state index contributed by atoms with van der Waals surface area (Å²) in [6.45, 7) is 4.09. The quantitative estimate of drug-likeness (QED) is 0.803. The summed E-state index contributed by atoms with van der Waals surface area (Å²) in [7, 11) is 0. The molecule has 0 aliphatic carbocycles. The van der Waals surface area contributed by atoms with E-state index in [1.807, 2.05) is 18.7 Å². The topological polar surface area (TPSA) is 63.8 Å². The van der Waals surface area contributed by atoms with Crippen LogP contribution in [0, 0.1) is 6.92 Å². The van der Waals surface area contributed by atoms with Crippen LogP contribution in [-0.4, -0.2) is 28.0 Å². The average molecular weight is 226 g/mol. The Morgan fingerprint density at radius 3 is 2.87 bits per heavy atom. The van der Waals surface area contributed by atoms with Gasteiger partial charge in [-0.1, -0.05) is 6.92 Å². The van der Waals surface area contributed by atoms with Crippen molar-refractivity contribution in [1.82, 2.24) is 9.97 Å². The molecule has 0 fully saturated rings. The highest BCUT2D eigenvalue weighted by molar-refractivity contribution is 7.98. The van der Waals surface area contributed by atoms with Crippen molar-refractivity contribution in [2.24, 2.45) is 0 Å². The van der Waals surface area contributed by atoms with Crippen LogP contribution in [0.2, 0.25) is 0 Å². The minimum Gasteiger partial charge on any atom is -0.383 e. The zero-order chi connectivity index (χ0) is 11.3. The van der Waals surface area contributed by atoms with Gasteiger partial charge in [0, 0.05) is 17.4 Å². The lowest BCUT2D eigenvalue weighted by atomic mass is 10.2. The number of nitrogens with zero attached hydrogens (tertiary/aromatic N) is 2. The van der Waals surface area contributed by atoms with Crippen molar-refractivity contribution >= 4 is 23.4 Å². The molecule has 0 amide bonds. The highest BCUT2D eigenvalue weighted by Crippen LogP contribution is 2.17. The maximum Gasteiger partial charge on any atom is 0.134 e. The molecule has 1 aromatic heterocycles. The standard InChI is InChI=1S/C10H18N4S/c1-4-8(5-15-3)14-10-7(2)9(11)12-6-13-10/h6,8H,4-5H2,1-3H3,(H3,11,12,13,14). The fraction of sp³-hybridized carbons (Fsp3) is 0.600. The molecule has 0 aliphatic heterocycles. The van der Waals surface area contributed by atoms with Gasteiger partial charge in [-0.15, -0.1) is 0 Å². The Morgan fingerprint density at radius 2 is 2.27 bits per heavy atom. The van der Waals surface area contributed by atoms with Crippen molar-refractivity contribution in [2.45, 2.75) is 26.3 Å². The molecule has 0 saturated carbocycles. The van der Waals surface area contributed by atoms with Crippen LogP contribution in [-0.2, 0) is 0 Å². The molecule has 0 aliphatic rings. The Kier molecular flexibility index (Phi) is 4.68. The number of hydrogen-bond donors (Lipinski definition) is 2. The first-order valence-corrected chi connectivity index (χ1v) is 6.41. The van der Waals surface area contributed by atoms with Crippen molar-refractivity contribution in [1.29, 1.82) is 0 Å². The molecular weight excluding hydrogens is 208 g/mol. The van der Waals surface area contributed by atoms with Crippen LogP contribution in [0.25, 0.3) is 0 Å². The number of rotatable bonds is 5. The summed E-state index contributed by atoms with van der Waals surface area (Å²) < 4.78 is 0. The van der Waals surface area contributed by atoms with Gasteiger partial charge in [0.2, 0.25) is 0 Å². The second-order valence-electron chi connectivity index (χ2n) is 3.44. The summed E-state index contributed by atoms with van der Waals surface area (Å²) in [5.74, 6) is 2.47. The Labute approximate surface area is 95.1 Å². The van der Waals surface area contributed by atoms with Gasteiger partial charge in [-0.05, 0) is 19.6 Å². The van der Waals surface area contributed by atoms with E-state index in [9.17, 15) is 0 Å². The van der Waals surface area contributed by atoms with E-state index >= 15 is 0 Å². The molecule has 3 N–H and O–H groups in total. The molecule has 1 aromatic rings. The zero-order valence-electron chi connectivity index (χ0n) is 9.45. The number of anilines is 2. The van der Waals surface area contributed by atoms with Crippen LogP contribution in [0.5, 0.6) is 0 Å². The van der Waals surface area contributed by atoms with Gasteiger partial charge < -0.3 is 11.1 Å². The van der Waals surface area contributed by atoms with Gasteiger partial charge in [-0.2, -0.15) is 11.8 Å². The Hall–Kier alpha value is -0.970. The Morgan fingerprint density at radius 1 is 1.53 bits per heavy atom. The predicted molar refractivity (Wildman–Crippen MR) is 67.3 cm³/mol. The lowest BCUT2D eigenvalue weighted by molar-refractivity contribution is 0.767. The van der Waals surface area contributed by atoms with Gasteiger partial charge in [0.25, 0.3) is 0 Å². The minimum absolute atomic E-state index is 0.438. The van der Waals surface area contributed by atoms with E-state index in [1.165, 1.54) is 6.33 Å². The lowest BCUT2D eigenvalue weighted by Crippen LogP contribution is -2.22. The van der Waals surface area contributed by atoms with E-state index < -0.39 is 0 Å². The molecule has 0 aromatic carbocycles. The Balaban J connectivity index is 2.74. The molecule has 4 nitrogen and oxygen atoms in total. The van der Waals surface area contributed by atoms with Crippen molar-refractivity contribution in [2.75, 3.05) is 23.1 Å². The summed E-state index contributed by atoms with van der Waals surface area (Å²) in [6.07, 6.45) is 4.67. The molecule has 1 unspecified atom stereocenters. The van der Waals surface area contributed by atoms with Crippen LogP contribution < -0.4 is 11.1 Å². The fourth-order valence-electron chi connectivity index (χ4n) is 1.27. The molecule has 5 heteroatoms. The van der Waals surface area contributed by atoms with Gasteiger partial charge in [0.1, 0.15) is 18.0 Å². The van der Waals surface area contributed by atoms with Crippen LogP contribution in [0.1, 0.15) is 18.9 Å². The van der Waals surface area contributed by atoms with Crippen LogP contribution >= 0.6 is 11.8 Å². The van der Waals surface area contributed by atoms with Gasteiger partial charge in [-0.3, -0.25) is 0 Å². The third-order valence-corrected chi connectivity index (χ3v) is 3.06. The second kappa shape index (κ2) is 5.80. The number of nitrogens with two attached hydrogens (primary N) is 1. The summed E-state index contributed by atoms with van der Waals surface area (Å²) >= 11 is 1.83. The van der Waals surface area contributed by atoms with Gasteiger partial charge >= 0.3 is 0 Å². The highest BCUT2D eigenvalue weighted by Gasteiger charge is 2.09. The Bertz CT molecular complexity index is 316. The molecule has 1 atom stereocenters. The van der Waals surface area contributed by atoms with Crippen molar-refractivity contribution in [3.63, 3.8) is 0 Å². The SMILES string of the molecule is CCC(CSC)Nc1ncnc(N)c1C. The van der Waals surface area contributed by atoms with Crippen molar-refractivity contribution < 1.29 is 0 Å². The third kappa shape index (κ3) is 3.27. The van der Waals surface area contributed by atoms with Crippen LogP contribution in [0.3, 0.4) is 0 Å². The smallest absolute Gasteiger partial charge is 0.134 e. The average Bonchev–Trinajstić information content (AvgIpc) is 2.24. The molecule has 84 valence electrons. The largest absolute Gasteiger partial charge is 0.383 e. The monoisotopic (exact) mass is 226 g/mol. The number of thioether (sulfide) groups is 1. The van der Waals surface area contributed by atoms with Gasteiger partial charge in [-0.25, -0.2) is 9.97 Å². The van der Waals surface area contributed by atoms with E-state index in [-0.39, 0.29) is 0 Å². The number of nitrogen functional groups attached to an aromatic ring is 1. The molecule has 1 heterocycles. The number of aromatic nitrogens is 2. The first-order chi connectivity index (χ1) is 7.19. The van der Waals surface area contributed by atoms with Crippen molar-refractivity contribution in [3.05, 3.63) is 11.9 Å². The first kappa shape index (κ1) is 12.1. The summed E-state index contributed by atoms with van der Waals surface area (Å²) in [5, 5.41) is 3.39. The van der Waals surface area contributed by atoms with E-state index in [1.54, 1.807) is 0 Å². The summed E-state index contributed by atoms with van der Waals surface area (Å²) in [6, 6.07) is 0.438. The number of nitrogens with one attached hydrogen (secondary N) is 1. The van der Waals surface area contributed by atoms with Gasteiger partial charge in [0.15, 0.2) is 0 Å². The predicted octanol–water partition coefficient (Wildman–Crippen LogP) is 1.92. The summed E-state index contributed by atoms with van der Waals surface area (Å²) in [5.41, 5.74) is 6.64. The summed E-state index contributed by atoms with van der Waals surface area (Å²) in [4.78, 5) is 8.14. The molecule has 15 heavy (non-hydrogen) atoms. The maximum atomic E-state index is 5.72. The van der Waals surface area contributed by atoms with Crippen LogP contribution in [0.15, 0.2) is 6.33 Å². The molecule has 1 rings (SSSR count). The first-order valence-electron chi connectivity index (χ1n) is 5.01. The normalized spacial score (nSPS) is 12.5. The highest BCUT2D eigenvalue weighted by atomic mass is 32.2. The lowest BCUT2D eigenvalue weighted by Gasteiger charge is -2.17. The fourth-order valence-corrected chi connectivity index (χ4v) is 1.99. The van der Waals surface area contributed by atoms with E-state index in [2.05, 4.69) is 28.5 Å². The molecule has 0 radical (unpaired) electrons. The maximum absolute atomic E-state index is 5.72. The van der Waals surface area contributed by atoms with Crippen LogP contribution in [0.4, 0.5) is 11.6 Å². The van der Waals surface area contributed by atoms with Crippen molar-refractivity contribution in [3.8, 4) is 0 Å². The number of hydrogen-bond acceptors (Lipinski definition) is 5. The van der Waals surface area contributed by atoms with Gasteiger partial charge in [0.05, 0.1) is 0 Å². The molecule has 0 spiro atoms. The zero-order valence-corrected chi connectivity index (χ0v) is 10.3. The van der Waals surface area contributed by atoms with E-state index in [0.717, 1.165) is 23.6 Å². The van der Waals surface area contributed by atoms with E-state index in [4.69, 9.17) is 5.73 Å². The minimum atomic E-state index is 0.438. The van der Waals surface area contributed by atoms with E-state index in [0.29, 0.717) is 11.9 Å². The molecular formula is C10H18N4S. The molecule has 0 saturated heterocycles. The second-order valence-corrected chi connectivity index (χ2v) is 4.35.